The number of aryl methyl sites for hydroxylation is 1. The molecule has 0 aromatic heterocycles. The van der Waals surface area contributed by atoms with Gasteiger partial charge in [0.1, 0.15) is 6.61 Å². The predicted molar refractivity (Wildman–Crippen MR) is 45.6 cm³/mol. The highest BCUT2D eigenvalue weighted by molar-refractivity contribution is 5.30. The van der Waals surface area contributed by atoms with Gasteiger partial charge in [-0.05, 0) is 18.6 Å². The summed E-state index contributed by atoms with van der Waals surface area (Å²) in [6.45, 7) is 1.94. The lowest BCUT2D eigenvalue weighted by Gasteiger charge is -2.06. The van der Waals surface area contributed by atoms with Crippen LogP contribution >= 0.6 is 0 Å². The second kappa shape index (κ2) is 4.18. The Kier molecular flexibility index (Phi) is 3.19. The fourth-order valence-electron chi connectivity index (χ4n) is 0.909. The molecule has 1 aromatic carbocycles. The van der Waals surface area contributed by atoms with Gasteiger partial charge < -0.3 is 10.5 Å². The normalized spacial score (nSPS) is 10.2. The number of ether oxygens (including phenoxy) is 1. The van der Waals surface area contributed by atoms with E-state index >= 15 is 0 Å². The van der Waals surface area contributed by atoms with Crippen LogP contribution in [0.2, 0.25) is 0 Å². The zero-order chi connectivity index (χ0) is 9.84. The average molecular weight is 187 g/mol. The van der Waals surface area contributed by atoms with Crippen LogP contribution in [-0.2, 0) is 0 Å². The van der Waals surface area contributed by atoms with Crippen molar-refractivity contribution in [2.24, 2.45) is 5.73 Å². The molecule has 0 amide bonds. The minimum Gasteiger partial charge on any atom is -0.489 e. The van der Waals surface area contributed by atoms with Gasteiger partial charge >= 0.3 is 0 Å². The van der Waals surface area contributed by atoms with E-state index in [1.165, 1.54) is 19.1 Å². The molecule has 1 rings (SSSR count). The van der Waals surface area contributed by atoms with Crippen molar-refractivity contribution in [3.8, 4) is 5.75 Å². The monoisotopic (exact) mass is 187 g/mol. The van der Waals surface area contributed by atoms with Crippen molar-refractivity contribution in [2.75, 3.05) is 13.2 Å². The Morgan fingerprint density at radius 3 is 2.62 bits per heavy atom. The highest BCUT2D eigenvalue weighted by Gasteiger charge is 2.11. The van der Waals surface area contributed by atoms with Crippen LogP contribution in [0, 0.1) is 18.6 Å². The van der Waals surface area contributed by atoms with Crippen molar-refractivity contribution in [2.45, 2.75) is 6.92 Å². The first-order valence-corrected chi connectivity index (χ1v) is 3.94. The molecular formula is C9H11F2NO. The molecule has 0 aliphatic rings. The number of hydrogen-bond donors (Lipinski definition) is 1. The summed E-state index contributed by atoms with van der Waals surface area (Å²) in [4.78, 5) is 0. The third kappa shape index (κ3) is 2.15. The molecule has 72 valence electrons. The molecule has 0 aliphatic carbocycles. The van der Waals surface area contributed by atoms with Crippen LogP contribution in [-0.4, -0.2) is 13.2 Å². The molecule has 0 unspecified atom stereocenters. The third-order valence-corrected chi connectivity index (χ3v) is 1.62. The van der Waals surface area contributed by atoms with E-state index in [9.17, 15) is 8.78 Å². The van der Waals surface area contributed by atoms with Crippen molar-refractivity contribution < 1.29 is 13.5 Å². The lowest BCUT2D eigenvalue weighted by molar-refractivity contribution is 0.304. The van der Waals surface area contributed by atoms with E-state index in [-0.39, 0.29) is 24.5 Å². The first-order chi connectivity index (χ1) is 6.16. The minimum absolute atomic E-state index is 0.0893. The van der Waals surface area contributed by atoms with Gasteiger partial charge in [0.05, 0.1) is 0 Å². The summed E-state index contributed by atoms with van der Waals surface area (Å²) in [6, 6.07) is 2.85. The fourth-order valence-corrected chi connectivity index (χ4v) is 0.909. The van der Waals surface area contributed by atoms with Crippen molar-refractivity contribution in [3.05, 3.63) is 29.3 Å². The Hall–Kier alpha value is -1.16. The molecule has 0 heterocycles. The molecule has 13 heavy (non-hydrogen) atoms. The summed E-state index contributed by atoms with van der Waals surface area (Å²) in [7, 11) is 0. The van der Waals surface area contributed by atoms with Crippen molar-refractivity contribution in [1.82, 2.24) is 0 Å². The largest absolute Gasteiger partial charge is 0.489 e. The number of benzene rings is 1. The summed E-state index contributed by atoms with van der Waals surface area (Å²) in [5.74, 6) is -1.91. The second-order valence-electron chi connectivity index (χ2n) is 2.65. The summed E-state index contributed by atoms with van der Waals surface area (Å²) >= 11 is 0. The number of rotatable bonds is 3. The Balaban J connectivity index is 2.90. The van der Waals surface area contributed by atoms with Crippen molar-refractivity contribution >= 4 is 0 Å². The maximum Gasteiger partial charge on any atom is 0.200 e. The van der Waals surface area contributed by atoms with Gasteiger partial charge in [0.2, 0.25) is 5.82 Å². The van der Waals surface area contributed by atoms with E-state index in [0.29, 0.717) is 0 Å². The first-order valence-electron chi connectivity index (χ1n) is 3.94. The van der Waals surface area contributed by atoms with Crippen LogP contribution in [0.5, 0.6) is 5.75 Å². The summed E-state index contributed by atoms with van der Waals surface area (Å²) in [6.07, 6.45) is 0. The SMILES string of the molecule is Cc1ccc(OCCN)c(F)c1F. The minimum atomic E-state index is -0.951. The lowest BCUT2D eigenvalue weighted by Crippen LogP contribution is -2.11. The number of halogens is 2. The molecule has 0 spiro atoms. The van der Waals surface area contributed by atoms with Gasteiger partial charge in [-0.15, -0.1) is 0 Å². The second-order valence-corrected chi connectivity index (χ2v) is 2.65. The fraction of sp³-hybridized carbons (Fsp3) is 0.333. The van der Waals surface area contributed by atoms with Gasteiger partial charge in [0.25, 0.3) is 0 Å². The van der Waals surface area contributed by atoms with E-state index < -0.39 is 11.6 Å². The molecule has 0 radical (unpaired) electrons. The van der Waals surface area contributed by atoms with Gasteiger partial charge in [-0.1, -0.05) is 6.07 Å². The van der Waals surface area contributed by atoms with Crippen molar-refractivity contribution in [3.63, 3.8) is 0 Å². The Morgan fingerprint density at radius 2 is 2.00 bits per heavy atom. The molecule has 2 N–H and O–H groups in total. The van der Waals surface area contributed by atoms with Gasteiger partial charge in [-0.25, -0.2) is 4.39 Å². The Labute approximate surface area is 75.3 Å². The van der Waals surface area contributed by atoms with Crippen LogP contribution < -0.4 is 10.5 Å². The lowest BCUT2D eigenvalue weighted by atomic mass is 10.2. The van der Waals surface area contributed by atoms with E-state index in [0.717, 1.165) is 0 Å². The molecule has 0 fully saturated rings. The van der Waals surface area contributed by atoms with E-state index in [4.69, 9.17) is 10.5 Å². The van der Waals surface area contributed by atoms with Crippen LogP contribution in [0.1, 0.15) is 5.56 Å². The summed E-state index contributed by atoms with van der Waals surface area (Å²) in [5, 5.41) is 0. The molecule has 1 aromatic rings. The zero-order valence-corrected chi connectivity index (χ0v) is 7.31. The van der Waals surface area contributed by atoms with E-state index in [1.807, 2.05) is 0 Å². The molecule has 0 atom stereocenters. The quantitative estimate of drug-likeness (QED) is 0.780. The molecule has 2 nitrogen and oxygen atoms in total. The average Bonchev–Trinajstić information content (AvgIpc) is 2.13. The number of hydrogen-bond acceptors (Lipinski definition) is 2. The smallest absolute Gasteiger partial charge is 0.200 e. The predicted octanol–water partition coefficient (Wildman–Crippen LogP) is 1.61. The van der Waals surface area contributed by atoms with E-state index in [1.54, 1.807) is 0 Å². The molecule has 0 aliphatic heterocycles. The molecular weight excluding hydrogens is 176 g/mol. The maximum atomic E-state index is 13.0. The van der Waals surface area contributed by atoms with Gasteiger partial charge in [0.15, 0.2) is 11.6 Å². The van der Waals surface area contributed by atoms with Gasteiger partial charge in [0, 0.05) is 6.54 Å². The van der Waals surface area contributed by atoms with Crippen LogP contribution in [0.3, 0.4) is 0 Å². The summed E-state index contributed by atoms with van der Waals surface area (Å²) < 4.78 is 30.9. The standard InChI is InChI=1S/C9H11F2NO/c1-6-2-3-7(13-5-4-12)9(11)8(6)10/h2-3H,4-5,12H2,1H3. The van der Waals surface area contributed by atoms with Crippen molar-refractivity contribution in [1.29, 1.82) is 0 Å². The highest BCUT2D eigenvalue weighted by atomic mass is 19.2. The van der Waals surface area contributed by atoms with Crippen LogP contribution in [0.4, 0.5) is 8.78 Å². The maximum absolute atomic E-state index is 13.0. The highest BCUT2D eigenvalue weighted by Crippen LogP contribution is 2.21. The Bertz CT molecular complexity index is 302. The zero-order valence-electron chi connectivity index (χ0n) is 7.31. The summed E-state index contributed by atoms with van der Waals surface area (Å²) in [5.41, 5.74) is 5.41. The molecule has 0 saturated heterocycles. The molecule has 0 saturated carbocycles. The van der Waals surface area contributed by atoms with Gasteiger partial charge in [-0.2, -0.15) is 4.39 Å². The van der Waals surface area contributed by atoms with Crippen LogP contribution in [0.15, 0.2) is 12.1 Å². The third-order valence-electron chi connectivity index (χ3n) is 1.62. The van der Waals surface area contributed by atoms with Gasteiger partial charge in [-0.3, -0.25) is 0 Å². The molecule has 4 heteroatoms. The topological polar surface area (TPSA) is 35.2 Å². The first kappa shape index (κ1) is 9.92. The Morgan fingerprint density at radius 1 is 1.31 bits per heavy atom. The molecule has 0 bridgehead atoms. The number of nitrogens with two attached hydrogens (primary N) is 1. The van der Waals surface area contributed by atoms with Crippen LogP contribution in [0.25, 0.3) is 0 Å². The van der Waals surface area contributed by atoms with E-state index in [2.05, 4.69) is 0 Å².